The molecule has 0 atom stereocenters. The van der Waals surface area contributed by atoms with Gasteiger partial charge in [0, 0.05) is 36.9 Å². The van der Waals surface area contributed by atoms with E-state index >= 15 is 0 Å². The predicted octanol–water partition coefficient (Wildman–Crippen LogP) is 3.10. The molecular formula is C16H20Cl2N6S. The van der Waals surface area contributed by atoms with Crippen molar-refractivity contribution < 1.29 is 0 Å². The molecule has 6 nitrogen and oxygen atoms in total. The molecule has 0 aromatic carbocycles. The SMILES string of the molecule is Cl.Cl.c1cncc(NCCNc2ncnc3sc4c(c23)CCNC4)c1. The molecule has 1 aliphatic heterocycles. The molecule has 3 aromatic heterocycles. The third-order valence-corrected chi connectivity index (χ3v) is 5.06. The van der Waals surface area contributed by atoms with Crippen LogP contribution in [0.3, 0.4) is 0 Å². The first-order valence-electron chi connectivity index (χ1n) is 7.75. The Labute approximate surface area is 162 Å². The Kier molecular flexibility index (Phi) is 7.19. The second kappa shape index (κ2) is 9.15. The molecule has 0 radical (unpaired) electrons. The van der Waals surface area contributed by atoms with Crippen molar-refractivity contribution in [1.82, 2.24) is 20.3 Å². The van der Waals surface area contributed by atoms with E-state index in [1.54, 1.807) is 23.9 Å². The van der Waals surface area contributed by atoms with Crippen LogP contribution >= 0.6 is 36.2 Å². The summed E-state index contributed by atoms with van der Waals surface area (Å²) in [7, 11) is 0. The van der Waals surface area contributed by atoms with Crippen LogP contribution in [0.5, 0.6) is 0 Å². The molecule has 9 heteroatoms. The molecule has 134 valence electrons. The summed E-state index contributed by atoms with van der Waals surface area (Å²) >= 11 is 1.77. The average Bonchev–Trinajstić information content (AvgIpc) is 2.99. The second-order valence-electron chi connectivity index (χ2n) is 5.43. The number of thiophene rings is 1. The molecule has 1 aliphatic rings. The third-order valence-electron chi connectivity index (χ3n) is 3.92. The van der Waals surface area contributed by atoms with Crippen molar-refractivity contribution in [3.8, 4) is 0 Å². The highest BCUT2D eigenvalue weighted by Gasteiger charge is 2.19. The lowest BCUT2D eigenvalue weighted by molar-refractivity contribution is 0.657. The maximum absolute atomic E-state index is 4.46. The van der Waals surface area contributed by atoms with Gasteiger partial charge in [-0.05, 0) is 30.7 Å². The maximum Gasteiger partial charge on any atom is 0.138 e. The Hall–Kier alpha value is -1.67. The summed E-state index contributed by atoms with van der Waals surface area (Å²) in [6.07, 6.45) is 6.29. The first kappa shape index (κ1) is 19.7. The minimum absolute atomic E-state index is 0. The molecule has 3 aromatic rings. The highest BCUT2D eigenvalue weighted by atomic mass is 35.5. The molecule has 0 spiro atoms. The van der Waals surface area contributed by atoms with Crippen molar-refractivity contribution in [2.45, 2.75) is 13.0 Å². The van der Waals surface area contributed by atoms with Crippen molar-refractivity contribution in [3.63, 3.8) is 0 Å². The van der Waals surface area contributed by atoms with Crippen molar-refractivity contribution in [2.24, 2.45) is 0 Å². The monoisotopic (exact) mass is 398 g/mol. The van der Waals surface area contributed by atoms with Crippen LogP contribution in [0, 0.1) is 0 Å². The quantitative estimate of drug-likeness (QED) is 0.573. The molecule has 4 heterocycles. The van der Waals surface area contributed by atoms with E-state index < -0.39 is 0 Å². The lowest BCUT2D eigenvalue weighted by Gasteiger charge is -2.14. The van der Waals surface area contributed by atoms with Gasteiger partial charge in [0.05, 0.1) is 11.1 Å². The molecule has 0 unspecified atom stereocenters. The van der Waals surface area contributed by atoms with E-state index in [4.69, 9.17) is 0 Å². The number of aromatic nitrogens is 3. The van der Waals surface area contributed by atoms with Crippen molar-refractivity contribution in [1.29, 1.82) is 0 Å². The van der Waals surface area contributed by atoms with E-state index in [0.717, 1.165) is 48.9 Å². The van der Waals surface area contributed by atoms with Gasteiger partial charge in [-0.25, -0.2) is 9.97 Å². The van der Waals surface area contributed by atoms with Crippen LogP contribution in [0.2, 0.25) is 0 Å². The summed E-state index contributed by atoms with van der Waals surface area (Å²) in [5.74, 6) is 0.947. The van der Waals surface area contributed by atoms with Gasteiger partial charge in [-0.15, -0.1) is 36.2 Å². The van der Waals surface area contributed by atoms with Crippen LogP contribution in [0.15, 0.2) is 30.9 Å². The molecule has 0 saturated carbocycles. The van der Waals surface area contributed by atoms with Crippen LogP contribution in [-0.2, 0) is 13.0 Å². The van der Waals surface area contributed by atoms with E-state index in [1.807, 2.05) is 18.3 Å². The number of halogens is 2. The summed E-state index contributed by atoms with van der Waals surface area (Å²) in [5.41, 5.74) is 2.44. The normalized spacial score (nSPS) is 12.6. The smallest absolute Gasteiger partial charge is 0.138 e. The van der Waals surface area contributed by atoms with E-state index in [-0.39, 0.29) is 24.8 Å². The maximum atomic E-state index is 4.46. The van der Waals surface area contributed by atoms with E-state index in [1.165, 1.54) is 15.8 Å². The standard InChI is InChI=1S/C16H18N6S.2ClH/c1-2-11(8-17-4-1)19-6-7-20-15-14-12-3-5-18-9-13(12)23-16(14)22-10-21-15;;/h1-2,4,8,10,18-19H,3,5-7,9H2,(H,20,21,22);2*1H. The zero-order valence-corrected chi connectivity index (χ0v) is 15.9. The van der Waals surface area contributed by atoms with Crippen molar-refractivity contribution in [2.75, 3.05) is 30.3 Å². The molecule has 0 saturated heterocycles. The van der Waals surface area contributed by atoms with Gasteiger partial charge in [-0.3, -0.25) is 4.98 Å². The summed E-state index contributed by atoms with van der Waals surface area (Å²) in [5, 5.41) is 11.4. The Balaban J connectivity index is 0.00000113. The Morgan fingerprint density at radius 3 is 2.88 bits per heavy atom. The predicted molar refractivity (Wildman–Crippen MR) is 109 cm³/mol. The summed E-state index contributed by atoms with van der Waals surface area (Å²) < 4.78 is 0. The van der Waals surface area contributed by atoms with Gasteiger partial charge in [0.15, 0.2) is 0 Å². The fourth-order valence-electron chi connectivity index (χ4n) is 2.85. The minimum atomic E-state index is 0. The van der Waals surface area contributed by atoms with Crippen LogP contribution in [0.4, 0.5) is 11.5 Å². The summed E-state index contributed by atoms with van der Waals surface area (Å²) in [6, 6.07) is 3.94. The molecular weight excluding hydrogens is 379 g/mol. The number of fused-ring (bicyclic) bond motifs is 3. The summed E-state index contributed by atoms with van der Waals surface area (Å²) in [4.78, 5) is 15.5. The number of hydrogen-bond donors (Lipinski definition) is 3. The Morgan fingerprint density at radius 2 is 2.04 bits per heavy atom. The first-order valence-corrected chi connectivity index (χ1v) is 8.57. The summed E-state index contributed by atoms with van der Waals surface area (Å²) in [6.45, 7) is 3.57. The van der Waals surface area contributed by atoms with Gasteiger partial charge in [0.1, 0.15) is 17.0 Å². The van der Waals surface area contributed by atoms with Crippen molar-refractivity contribution >= 4 is 57.9 Å². The molecule has 25 heavy (non-hydrogen) atoms. The van der Waals surface area contributed by atoms with Gasteiger partial charge in [0.2, 0.25) is 0 Å². The first-order chi connectivity index (χ1) is 11.4. The van der Waals surface area contributed by atoms with Gasteiger partial charge < -0.3 is 16.0 Å². The Bertz CT molecular complexity index is 811. The zero-order chi connectivity index (χ0) is 15.5. The molecule has 0 aliphatic carbocycles. The molecule has 4 rings (SSSR count). The fraction of sp³-hybridized carbons (Fsp3) is 0.312. The largest absolute Gasteiger partial charge is 0.382 e. The number of rotatable bonds is 5. The van der Waals surface area contributed by atoms with Crippen LogP contribution in [0.25, 0.3) is 10.2 Å². The highest BCUT2D eigenvalue weighted by molar-refractivity contribution is 7.18. The zero-order valence-electron chi connectivity index (χ0n) is 13.5. The number of nitrogens with one attached hydrogen (secondary N) is 3. The van der Waals surface area contributed by atoms with Crippen molar-refractivity contribution in [3.05, 3.63) is 41.3 Å². The Morgan fingerprint density at radius 1 is 1.16 bits per heavy atom. The van der Waals surface area contributed by atoms with Crippen LogP contribution < -0.4 is 16.0 Å². The topological polar surface area (TPSA) is 74.8 Å². The van der Waals surface area contributed by atoms with Crippen LogP contribution in [-0.4, -0.2) is 34.6 Å². The number of pyridine rings is 1. The number of anilines is 2. The molecule has 3 N–H and O–H groups in total. The lowest BCUT2D eigenvalue weighted by atomic mass is 10.1. The number of hydrogen-bond acceptors (Lipinski definition) is 7. The highest BCUT2D eigenvalue weighted by Crippen LogP contribution is 2.35. The second-order valence-corrected chi connectivity index (χ2v) is 6.51. The molecule has 0 amide bonds. The fourth-order valence-corrected chi connectivity index (χ4v) is 4.00. The van der Waals surface area contributed by atoms with Gasteiger partial charge >= 0.3 is 0 Å². The van der Waals surface area contributed by atoms with Gasteiger partial charge in [0.25, 0.3) is 0 Å². The van der Waals surface area contributed by atoms with E-state index in [0.29, 0.717) is 0 Å². The van der Waals surface area contributed by atoms with Gasteiger partial charge in [-0.1, -0.05) is 0 Å². The minimum Gasteiger partial charge on any atom is -0.382 e. The van der Waals surface area contributed by atoms with E-state index in [2.05, 4.69) is 30.9 Å². The average molecular weight is 399 g/mol. The van der Waals surface area contributed by atoms with E-state index in [9.17, 15) is 0 Å². The van der Waals surface area contributed by atoms with Gasteiger partial charge in [-0.2, -0.15) is 0 Å². The lowest BCUT2D eigenvalue weighted by Crippen LogP contribution is -2.22. The molecule has 0 fully saturated rings. The number of nitrogens with zero attached hydrogens (tertiary/aromatic N) is 3. The molecule has 0 bridgehead atoms. The third kappa shape index (κ3) is 4.30. The van der Waals surface area contributed by atoms with Crippen LogP contribution in [0.1, 0.15) is 10.4 Å².